The van der Waals surface area contributed by atoms with Crippen LogP contribution in [-0.4, -0.2) is 30.3 Å². The van der Waals surface area contributed by atoms with Gasteiger partial charge in [0.05, 0.1) is 12.1 Å². The number of rotatable bonds is 5. The Morgan fingerprint density at radius 2 is 1.79 bits per heavy atom. The zero-order valence-electron chi connectivity index (χ0n) is 14.7. The highest BCUT2D eigenvalue weighted by Gasteiger charge is 2.32. The molecule has 3 aromatic rings. The summed E-state index contributed by atoms with van der Waals surface area (Å²) in [6, 6.07) is 13.4. The second kappa shape index (κ2) is 8.06. The second-order valence-electron chi connectivity index (χ2n) is 5.79. The fourth-order valence-corrected chi connectivity index (χ4v) is 2.99. The van der Waals surface area contributed by atoms with E-state index in [2.05, 4.69) is 4.98 Å². The second-order valence-corrected chi connectivity index (χ2v) is 6.19. The highest BCUT2D eigenvalue weighted by atomic mass is 35.5. The number of fused-ring (bicyclic) bond motifs is 1. The standard InChI is InChI=1S/C20H15ClF3NO3/c1-2-27-19(26)17-18(28-11-20(22,23)24)16(12-7-3-5-9-14(12)21)13-8-4-6-10-15(13)25-17/h3-10H,2,11H2,1H3. The van der Waals surface area contributed by atoms with E-state index >= 15 is 0 Å². The summed E-state index contributed by atoms with van der Waals surface area (Å²) < 4.78 is 48.6. The number of alkyl halides is 3. The summed E-state index contributed by atoms with van der Waals surface area (Å²) >= 11 is 6.30. The molecule has 0 N–H and O–H groups in total. The van der Waals surface area contributed by atoms with Crippen LogP contribution in [0.1, 0.15) is 17.4 Å². The molecule has 0 aliphatic carbocycles. The smallest absolute Gasteiger partial charge is 0.422 e. The summed E-state index contributed by atoms with van der Waals surface area (Å²) in [6.45, 7) is 0.0362. The summed E-state index contributed by atoms with van der Waals surface area (Å²) in [4.78, 5) is 16.6. The average molecular weight is 410 g/mol. The fourth-order valence-electron chi connectivity index (χ4n) is 2.76. The Morgan fingerprint density at radius 1 is 1.11 bits per heavy atom. The van der Waals surface area contributed by atoms with Crippen molar-refractivity contribution in [3.63, 3.8) is 0 Å². The highest BCUT2D eigenvalue weighted by Crippen LogP contribution is 2.42. The first-order valence-electron chi connectivity index (χ1n) is 8.36. The van der Waals surface area contributed by atoms with Gasteiger partial charge < -0.3 is 9.47 Å². The van der Waals surface area contributed by atoms with E-state index in [1.807, 2.05) is 0 Å². The molecule has 4 nitrogen and oxygen atoms in total. The van der Waals surface area contributed by atoms with Gasteiger partial charge in [0.25, 0.3) is 0 Å². The van der Waals surface area contributed by atoms with Crippen LogP contribution < -0.4 is 4.74 Å². The number of pyridine rings is 1. The summed E-state index contributed by atoms with van der Waals surface area (Å²) in [5.74, 6) is -1.19. The Balaban J connectivity index is 2.35. The van der Waals surface area contributed by atoms with Crippen molar-refractivity contribution in [1.82, 2.24) is 4.98 Å². The van der Waals surface area contributed by atoms with Crippen LogP contribution in [0, 0.1) is 0 Å². The Bertz CT molecular complexity index is 1020. The molecule has 0 bridgehead atoms. The third kappa shape index (κ3) is 4.20. The van der Waals surface area contributed by atoms with E-state index in [0.29, 0.717) is 21.5 Å². The van der Waals surface area contributed by atoms with Crippen molar-refractivity contribution in [1.29, 1.82) is 0 Å². The van der Waals surface area contributed by atoms with Crippen molar-refractivity contribution < 1.29 is 27.4 Å². The zero-order valence-corrected chi connectivity index (χ0v) is 15.5. The third-order valence-electron chi connectivity index (χ3n) is 3.84. The van der Waals surface area contributed by atoms with E-state index in [1.165, 1.54) is 0 Å². The Hall–Kier alpha value is -2.80. The van der Waals surface area contributed by atoms with Crippen molar-refractivity contribution in [3.05, 3.63) is 59.2 Å². The lowest BCUT2D eigenvalue weighted by Gasteiger charge is -2.19. The van der Waals surface area contributed by atoms with Crippen LogP contribution >= 0.6 is 11.6 Å². The molecule has 0 radical (unpaired) electrons. The van der Waals surface area contributed by atoms with E-state index in [1.54, 1.807) is 55.5 Å². The first-order valence-corrected chi connectivity index (χ1v) is 8.74. The average Bonchev–Trinajstić information content (AvgIpc) is 2.65. The first-order chi connectivity index (χ1) is 13.3. The van der Waals surface area contributed by atoms with Gasteiger partial charge in [0.15, 0.2) is 18.1 Å². The van der Waals surface area contributed by atoms with Gasteiger partial charge in [-0.25, -0.2) is 9.78 Å². The van der Waals surface area contributed by atoms with Crippen LogP contribution in [0.2, 0.25) is 5.02 Å². The van der Waals surface area contributed by atoms with Crippen LogP contribution in [0.5, 0.6) is 5.75 Å². The van der Waals surface area contributed by atoms with Crippen molar-refractivity contribution in [2.75, 3.05) is 13.2 Å². The van der Waals surface area contributed by atoms with Gasteiger partial charge in [0, 0.05) is 21.5 Å². The quantitative estimate of drug-likeness (QED) is 0.509. The molecule has 8 heteroatoms. The SMILES string of the molecule is CCOC(=O)c1nc2ccccc2c(-c2ccccc2Cl)c1OCC(F)(F)F. The van der Waals surface area contributed by atoms with Gasteiger partial charge in [-0.15, -0.1) is 0 Å². The summed E-state index contributed by atoms with van der Waals surface area (Å²) in [5.41, 5.74) is 0.744. The topological polar surface area (TPSA) is 48.4 Å². The van der Waals surface area contributed by atoms with Crippen LogP contribution in [0.15, 0.2) is 48.5 Å². The molecule has 1 heterocycles. The molecule has 0 atom stereocenters. The number of aromatic nitrogens is 1. The molecule has 2 aromatic carbocycles. The molecule has 28 heavy (non-hydrogen) atoms. The number of benzene rings is 2. The molecule has 0 saturated carbocycles. The zero-order chi connectivity index (χ0) is 20.3. The van der Waals surface area contributed by atoms with Gasteiger partial charge in [-0.05, 0) is 19.1 Å². The molecule has 3 rings (SSSR count). The van der Waals surface area contributed by atoms with Gasteiger partial charge >= 0.3 is 12.1 Å². The molecule has 146 valence electrons. The summed E-state index contributed by atoms with van der Waals surface area (Å²) in [5, 5.41) is 0.798. The number of hydrogen-bond acceptors (Lipinski definition) is 4. The number of hydrogen-bond donors (Lipinski definition) is 0. The Labute approximate surface area is 163 Å². The predicted molar refractivity (Wildman–Crippen MR) is 99.7 cm³/mol. The minimum Gasteiger partial charge on any atom is -0.481 e. The highest BCUT2D eigenvalue weighted by molar-refractivity contribution is 6.34. The number of carbonyl (C=O) groups is 1. The van der Waals surface area contributed by atoms with Crippen molar-refractivity contribution >= 4 is 28.5 Å². The summed E-state index contributed by atoms with van der Waals surface area (Å²) in [6.07, 6.45) is -4.60. The maximum absolute atomic E-state index is 12.9. The van der Waals surface area contributed by atoms with Crippen LogP contribution in [0.3, 0.4) is 0 Å². The van der Waals surface area contributed by atoms with Crippen molar-refractivity contribution in [2.24, 2.45) is 0 Å². The van der Waals surface area contributed by atoms with Crippen LogP contribution in [0.25, 0.3) is 22.0 Å². The van der Waals surface area contributed by atoms with Crippen LogP contribution in [0.4, 0.5) is 13.2 Å². The number of esters is 1. The molecular formula is C20H15ClF3NO3. The molecular weight excluding hydrogens is 395 g/mol. The van der Waals surface area contributed by atoms with Crippen molar-refractivity contribution in [3.8, 4) is 16.9 Å². The number of halogens is 4. The van der Waals surface area contributed by atoms with E-state index < -0.39 is 18.8 Å². The number of para-hydroxylation sites is 1. The molecule has 0 aliphatic rings. The van der Waals surface area contributed by atoms with Crippen LogP contribution in [-0.2, 0) is 4.74 Å². The van der Waals surface area contributed by atoms with Gasteiger partial charge in [-0.3, -0.25) is 0 Å². The van der Waals surface area contributed by atoms with E-state index in [0.717, 1.165) is 0 Å². The number of ether oxygens (including phenoxy) is 2. The fraction of sp³-hybridized carbons (Fsp3) is 0.200. The number of nitrogens with zero attached hydrogens (tertiary/aromatic N) is 1. The van der Waals surface area contributed by atoms with Gasteiger partial charge in [0.1, 0.15) is 0 Å². The molecule has 0 amide bonds. The Kier molecular flexibility index (Phi) is 5.74. The minimum absolute atomic E-state index is 0.0352. The lowest BCUT2D eigenvalue weighted by molar-refractivity contribution is -0.153. The first kappa shape index (κ1) is 19.9. The minimum atomic E-state index is -4.60. The molecule has 0 unspecified atom stereocenters. The molecule has 0 fully saturated rings. The largest absolute Gasteiger partial charge is 0.481 e. The predicted octanol–water partition coefficient (Wildman–Crippen LogP) is 5.67. The van der Waals surface area contributed by atoms with Crippen molar-refractivity contribution in [2.45, 2.75) is 13.1 Å². The van der Waals surface area contributed by atoms with E-state index in [9.17, 15) is 18.0 Å². The van der Waals surface area contributed by atoms with Gasteiger partial charge in [-0.1, -0.05) is 48.0 Å². The lowest BCUT2D eigenvalue weighted by Crippen LogP contribution is -2.21. The maximum Gasteiger partial charge on any atom is 0.422 e. The maximum atomic E-state index is 12.9. The van der Waals surface area contributed by atoms with E-state index in [4.69, 9.17) is 21.1 Å². The van der Waals surface area contributed by atoms with Gasteiger partial charge in [0.2, 0.25) is 0 Å². The third-order valence-corrected chi connectivity index (χ3v) is 4.17. The van der Waals surface area contributed by atoms with Gasteiger partial charge in [-0.2, -0.15) is 13.2 Å². The monoisotopic (exact) mass is 409 g/mol. The molecule has 0 aliphatic heterocycles. The normalized spacial score (nSPS) is 11.5. The lowest BCUT2D eigenvalue weighted by atomic mass is 9.98. The van der Waals surface area contributed by atoms with E-state index in [-0.39, 0.29) is 23.6 Å². The molecule has 0 spiro atoms. The molecule has 0 saturated heterocycles. The number of carbonyl (C=O) groups excluding carboxylic acids is 1. The summed E-state index contributed by atoms with van der Waals surface area (Å²) in [7, 11) is 0. The molecule has 1 aromatic heterocycles. The Morgan fingerprint density at radius 3 is 2.46 bits per heavy atom.